The highest BCUT2D eigenvalue weighted by molar-refractivity contribution is 6.04. The second-order valence-corrected chi connectivity index (χ2v) is 8.55. The average molecular weight is 518 g/mol. The lowest BCUT2D eigenvalue weighted by Crippen LogP contribution is -2.14. The van der Waals surface area contributed by atoms with Crippen molar-refractivity contribution in [3.8, 4) is 17.0 Å². The number of hydrogen-bond donors (Lipinski definition) is 3. The summed E-state index contributed by atoms with van der Waals surface area (Å²) in [6, 6.07) is 18.8. The van der Waals surface area contributed by atoms with Gasteiger partial charge in [-0.25, -0.2) is 9.97 Å². The number of fused-ring (bicyclic) bond motifs is 1. The zero-order valence-corrected chi connectivity index (χ0v) is 20.4. The first kappa shape index (κ1) is 24.8. The average Bonchev–Trinajstić information content (AvgIpc) is 3.38. The van der Waals surface area contributed by atoms with Gasteiger partial charge in [0, 0.05) is 28.7 Å². The van der Waals surface area contributed by atoms with Crippen LogP contribution in [0.3, 0.4) is 0 Å². The fraction of sp³-hybridized carbons (Fsp3) is 0.107. The predicted octanol–water partition coefficient (Wildman–Crippen LogP) is 6.96. The molecule has 0 aliphatic rings. The van der Waals surface area contributed by atoms with Gasteiger partial charge in [0.25, 0.3) is 5.91 Å². The molecule has 0 aliphatic carbocycles. The summed E-state index contributed by atoms with van der Waals surface area (Å²) in [5.41, 5.74) is 3.94. The standard InChI is InChI=1S/C28H22F3N5O2/c1-16-6-9-20(33-26(37)18-4-3-5-19(14-18)28(29,30)31)15-23(16)35-27-34-22-12-13-32-25(22)24(36-27)17-7-10-21(38-2)11-8-17/h3-15,32H,1-2H3,(H,33,37)(H,34,35,36). The van der Waals surface area contributed by atoms with E-state index in [0.717, 1.165) is 34.5 Å². The smallest absolute Gasteiger partial charge is 0.416 e. The van der Waals surface area contributed by atoms with Gasteiger partial charge < -0.3 is 20.4 Å². The topological polar surface area (TPSA) is 91.9 Å². The van der Waals surface area contributed by atoms with Crippen LogP contribution in [0.5, 0.6) is 5.75 Å². The molecule has 0 radical (unpaired) electrons. The number of ether oxygens (including phenoxy) is 1. The number of aromatic nitrogens is 3. The first-order valence-electron chi connectivity index (χ1n) is 11.6. The van der Waals surface area contributed by atoms with E-state index in [1.807, 2.05) is 37.3 Å². The molecule has 2 heterocycles. The number of aryl methyl sites for hydroxylation is 1. The number of amides is 1. The third-order valence-electron chi connectivity index (χ3n) is 5.96. The summed E-state index contributed by atoms with van der Waals surface area (Å²) in [7, 11) is 1.60. The molecule has 3 N–H and O–H groups in total. The van der Waals surface area contributed by atoms with E-state index < -0.39 is 17.6 Å². The SMILES string of the molecule is COc1ccc(-c2nc(Nc3cc(NC(=O)c4cccc(C(F)(F)F)c4)ccc3C)nc3cc[nH]c23)cc1. The fourth-order valence-electron chi connectivity index (χ4n) is 3.95. The van der Waals surface area contributed by atoms with Crippen molar-refractivity contribution < 1.29 is 22.7 Å². The van der Waals surface area contributed by atoms with Gasteiger partial charge in [-0.2, -0.15) is 13.2 Å². The van der Waals surface area contributed by atoms with Gasteiger partial charge in [-0.05, 0) is 73.2 Å². The summed E-state index contributed by atoms with van der Waals surface area (Å²) in [5, 5.41) is 5.87. The molecule has 3 aromatic carbocycles. The normalized spacial score (nSPS) is 11.4. The fourth-order valence-corrected chi connectivity index (χ4v) is 3.95. The lowest BCUT2D eigenvalue weighted by molar-refractivity contribution is -0.137. The number of alkyl halides is 3. The van der Waals surface area contributed by atoms with Crippen molar-refractivity contribution in [2.24, 2.45) is 0 Å². The Hall–Kier alpha value is -4.86. The third-order valence-corrected chi connectivity index (χ3v) is 5.96. The van der Waals surface area contributed by atoms with Crippen LogP contribution in [0.4, 0.5) is 30.5 Å². The van der Waals surface area contributed by atoms with Gasteiger partial charge in [-0.3, -0.25) is 4.79 Å². The quantitative estimate of drug-likeness (QED) is 0.227. The summed E-state index contributed by atoms with van der Waals surface area (Å²) in [6.07, 6.45) is -2.76. The molecule has 10 heteroatoms. The number of aromatic amines is 1. The largest absolute Gasteiger partial charge is 0.497 e. The first-order chi connectivity index (χ1) is 18.2. The van der Waals surface area contributed by atoms with Gasteiger partial charge in [0.05, 0.1) is 29.4 Å². The molecular formula is C28H22F3N5O2. The van der Waals surface area contributed by atoms with Crippen molar-refractivity contribution in [3.05, 3.63) is 95.7 Å². The molecule has 0 bridgehead atoms. The summed E-state index contributed by atoms with van der Waals surface area (Å²) in [4.78, 5) is 25.2. The zero-order chi connectivity index (χ0) is 26.9. The highest BCUT2D eigenvalue weighted by Crippen LogP contribution is 2.31. The van der Waals surface area contributed by atoms with E-state index in [1.165, 1.54) is 12.1 Å². The van der Waals surface area contributed by atoms with Gasteiger partial charge in [0.15, 0.2) is 0 Å². The minimum atomic E-state index is -4.54. The minimum absolute atomic E-state index is 0.0970. The predicted molar refractivity (Wildman–Crippen MR) is 140 cm³/mol. The van der Waals surface area contributed by atoms with E-state index in [-0.39, 0.29) is 5.56 Å². The number of halogens is 3. The monoisotopic (exact) mass is 517 g/mol. The Bertz CT molecular complexity index is 1630. The Kier molecular flexibility index (Phi) is 6.46. The molecule has 5 rings (SSSR count). The lowest BCUT2D eigenvalue weighted by atomic mass is 10.1. The van der Waals surface area contributed by atoms with E-state index in [0.29, 0.717) is 28.5 Å². The second kappa shape index (κ2) is 9.89. The molecule has 0 atom stereocenters. The Morgan fingerprint density at radius 1 is 0.974 bits per heavy atom. The number of anilines is 3. The highest BCUT2D eigenvalue weighted by atomic mass is 19.4. The Balaban J connectivity index is 1.42. The number of hydrogen-bond acceptors (Lipinski definition) is 5. The van der Waals surface area contributed by atoms with Crippen molar-refractivity contribution in [3.63, 3.8) is 0 Å². The number of benzene rings is 3. The molecule has 0 fully saturated rings. The van der Waals surface area contributed by atoms with Crippen LogP contribution in [0.25, 0.3) is 22.3 Å². The van der Waals surface area contributed by atoms with Crippen LogP contribution in [0, 0.1) is 6.92 Å². The molecule has 0 saturated carbocycles. The van der Waals surface area contributed by atoms with E-state index in [4.69, 9.17) is 9.72 Å². The molecule has 38 heavy (non-hydrogen) atoms. The summed E-state index contributed by atoms with van der Waals surface area (Å²) in [6.45, 7) is 1.87. The Labute approximate surface area is 215 Å². The summed E-state index contributed by atoms with van der Waals surface area (Å²) < 4.78 is 44.4. The van der Waals surface area contributed by atoms with Gasteiger partial charge in [-0.15, -0.1) is 0 Å². The molecule has 2 aromatic heterocycles. The van der Waals surface area contributed by atoms with Crippen LogP contribution >= 0.6 is 0 Å². The van der Waals surface area contributed by atoms with Gasteiger partial charge in [0.1, 0.15) is 5.75 Å². The lowest BCUT2D eigenvalue weighted by Gasteiger charge is -2.13. The van der Waals surface area contributed by atoms with E-state index in [1.54, 1.807) is 31.5 Å². The molecule has 7 nitrogen and oxygen atoms in total. The van der Waals surface area contributed by atoms with Crippen molar-refractivity contribution in [1.29, 1.82) is 0 Å². The molecule has 0 spiro atoms. The minimum Gasteiger partial charge on any atom is -0.497 e. The van der Waals surface area contributed by atoms with E-state index >= 15 is 0 Å². The Morgan fingerprint density at radius 3 is 2.50 bits per heavy atom. The molecule has 192 valence electrons. The van der Waals surface area contributed by atoms with Gasteiger partial charge in [0.2, 0.25) is 5.95 Å². The molecule has 5 aromatic rings. The number of carbonyl (C=O) groups excluding carboxylic acids is 1. The van der Waals surface area contributed by atoms with Crippen molar-refractivity contribution in [2.75, 3.05) is 17.7 Å². The molecule has 0 unspecified atom stereocenters. The van der Waals surface area contributed by atoms with Crippen molar-refractivity contribution >= 4 is 34.3 Å². The number of rotatable bonds is 6. The molecular weight excluding hydrogens is 495 g/mol. The van der Waals surface area contributed by atoms with Gasteiger partial charge >= 0.3 is 6.18 Å². The number of carbonyl (C=O) groups is 1. The van der Waals surface area contributed by atoms with Crippen LogP contribution in [-0.4, -0.2) is 28.0 Å². The molecule has 1 amide bonds. The van der Waals surface area contributed by atoms with Gasteiger partial charge in [-0.1, -0.05) is 12.1 Å². The number of nitrogens with zero attached hydrogens (tertiary/aromatic N) is 2. The maximum absolute atomic E-state index is 13.1. The molecule has 0 aliphatic heterocycles. The number of nitrogens with one attached hydrogen (secondary N) is 3. The zero-order valence-electron chi connectivity index (χ0n) is 20.4. The van der Waals surface area contributed by atoms with Crippen LogP contribution in [0.15, 0.2) is 79.0 Å². The van der Waals surface area contributed by atoms with Crippen molar-refractivity contribution in [1.82, 2.24) is 15.0 Å². The van der Waals surface area contributed by atoms with Crippen molar-refractivity contribution in [2.45, 2.75) is 13.1 Å². The van der Waals surface area contributed by atoms with E-state index in [2.05, 4.69) is 20.6 Å². The Morgan fingerprint density at radius 2 is 1.76 bits per heavy atom. The van der Waals surface area contributed by atoms with Crippen LogP contribution in [0.2, 0.25) is 0 Å². The number of H-pyrrole nitrogens is 1. The second-order valence-electron chi connectivity index (χ2n) is 8.55. The molecule has 0 saturated heterocycles. The van der Waals surface area contributed by atoms with Crippen LogP contribution < -0.4 is 15.4 Å². The third kappa shape index (κ3) is 5.15. The first-order valence-corrected chi connectivity index (χ1v) is 11.6. The van der Waals surface area contributed by atoms with E-state index in [9.17, 15) is 18.0 Å². The number of methoxy groups -OCH3 is 1. The van der Waals surface area contributed by atoms with Crippen LogP contribution in [-0.2, 0) is 6.18 Å². The summed E-state index contributed by atoms with van der Waals surface area (Å²) in [5.74, 6) is 0.411. The maximum atomic E-state index is 13.1. The summed E-state index contributed by atoms with van der Waals surface area (Å²) >= 11 is 0. The van der Waals surface area contributed by atoms with Crippen LogP contribution in [0.1, 0.15) is 21.5 Å². The maximum Gasteiger partial charge on any atom is 0.416 e. The highest BCUT2D eigenvalue weighted by Gasteiger charge is 2.30.